The van der Waals surface area contributed by atoms with E-state index < -0.39 is 0 Å². The van der Waals surface area contributed by atoms with Gasteiger partial charge in [-0.2, -0.15) is 0 Å². The molecule has 0 N–H and O–H groups in total. The SMILES string of the molecule is c1cc2cc(c1)-c1cccc(n1)-c1cccc(c1)CCc1cccc(n1)CC2. The largest absolute Gasteiger partial charge is 0.258 e. The smallest absolute Gasteiger partial charge is 0.0709 e. The number of nitrogens with zero attached hydrogens (tertiary/aromatic N) is 2. The summed E-state index contributed by atoms with van der Waals surface area (Å²) in [5, 5.41) is 0. The summed E-state index contributed by atoms with van der Waals surface area (Å²) in [5.41, 5.74) is 9.38. The molecule has 3 heterocycles. The molecule has 5 rings (SSSR count). The molecule has 28 heavy (non-hydrogen) atoms. The van der Waals surface area contributed by atoms with Crippen molar-refractivity contribution in [1.29, 1.82) is 0 Å². The number of benzene rings is 2. The zero-order chi connectivity index (χ0) is 18.8. The number of hydrogen-bond acceptors (Lipinski definition) is 2. The van der Waals surface area contributed by atoms with Crippen LogP contribution in [0.5, 0.6) is 0 Å². The minimum atomic E-state index is 0.959. The molecule has 1 aliphatic rings. The second-order valence-corrected chi connectivity index (χ2v) is 7.43. The number of fused-ring (bicyclic) bond motifs is 10. The van der Waals surface area contributed by atoms with E-state index in [-0.39, 0.29) is 0 Å². The molecule has 4 aromatic rings. The fourth-order valence-electron chi connectivity index (χ4n) is 3.88. The predicted octanol–water partition coefficient (Wildman–Crippen LogP) is 5.69. The highest BCUT2D eigenvalue weighted by Gasteiger charge is 2.08. The quantitative estimate of drug-likeness (QED) is 0.401. The molecule has 0 unspecified atom stereocenters. The van der Waals surface area contributed by atoms with E-state index in [1.807, 2.05) is 0 Å². The normalized spacial score (nSPS) is 13.1. The lowest BCUT2D eigenvalue weighted by atomic mass is 10.0. The first-order valence-corrected chi connectivity index (χ1v) is 9.94. The maximum Gasteiger partial charge on any atom is 0.0709 e. The third kappa shape index (κ3) is 3.59. The third-order valence-corrected chi connectivity index (χ3v) is 5.40. The van der Waals surface area contributed by atoms with Crippen LogP contribution in [0.4, 0.5) is 0 Å². The van der Waals surface area contributed by atoms with Crippen LogP contribution in [0, 0.1) is 0 Å². The van der Waals surface area contributed by atoms with E-state index in [0.717, 1.165) is 37.1 Å². The molecule has 8 bridgehead atoms. The van der Waals surface area contributed by atoms with Gasteiger partial charge in [-0.25, -0.2) is 4.98 Å². The summed E-state index contributed by atoms with van der Waals surface area (Å²) in [6.07, 6.45) is 3.90. The van der Waals surface area contributed by atoms with Gasteiger partial charge in [-0.05, 0) is 73.2 Å². The topological polar surface area (TPSA) is 25.8 Å². The van der Waals surface area contributed by atoms with Crippen molar-refractivity contribution in [3.8, 4) is 22.5 Å². The van der Waals surface area contributed by atoms with Crippen molar-refractivity contribution >= 4 is 0 Å². The molecular formula is C26H22N2. The Bertz CT molecular complexity index is 1050. The van der Waals surface area contributed by atoms with E-state index in [2.05, 4.69) is 84.9 Å². The Labute approximate surface area is 165 Å². The number of pyridine rings is 2. The summed E-state index contributed by atoms with van der Waals surface area (Å²) in [7, 11) is 0. The maximum atomic E-state index is 4.96. The van der Waals surface area contributed by atoms with Crippen LogP contribution < -0.4 is 0 Å². The summed E-state index contributed by atoms with van der Waals surface area (Å²) in [6, 6.07) is 30.2. The molecular weight excluding hydrogens is 340 g/mol. The first-order valence-electron chi connectivity index (χ1n) is 9.94. The minimum Gasteiger partial charge on any atom is -0.258 e. The van der Waals surface area contributed by atoms with Crippen LogP contribution in [0.25, 0.3) is 22.5 Å². The van der Waals surface area contributed by atoms with Crippen molar-refractivity contribution in [1.82, 2.24) is 9.97 Å². The molecule has 0 aliphatic carbocycles. The molecule has 2 nitrogen and oxygen atoms in total. The van der Waals surface area contributed by atoms with Crippen LogP contribution in [0.1, 0.15) is 22.5 Å². The van der Waals surface area contributed by atoms with Crippen molar-refractivity contribution in [3.63, 3.8) is 0 Å². The fraction of sp³-hybridized carbons (Fsp3) is 0.154. The lowest BCUT2D eigenvalue weighted by Crippen LogP contribution is -2.00. The Morgan fingerprint density at radius 1 is 0.464 bits per heavy atom. The number of hydrogen-bond donors (Lipinski definition) is 0. The first kappa shape index (κ1) is 16.9. The molecule has 0 spiro atoms. The summed E-state index contributed by atoms with van der Waals surface area (Å²) >= 11 is 0. The van der Waals surface area contributed by atoms with Gasteiger partial charge in [0.05, 0.1) is 11.4 Å². The van der Waals surface area contributed by atoms with E-state index in [1.54, 1.807) is 0 Å². The van der Waals surface area contributed by atoms with Gasteiger partial charge in [0.2, 0.25) is 0 Å². The fourth-order valence-corrected chi connectivity index (χ4v) is 3.88. The Morgan fingerprint density at radius 3 is 1.54 bits per heavy atom. The van der Waals surface area contributed by atoms with E-state index in [4.69, 9.17) is 9.97 Å². The molecule has 2 aromatic heterocycles. The highest BCUT2D eigenvalue weighted by atomic mass is 14.7. The molecule has 2 heteroatoms. The van der Waals surface area contributed by atoms with Gasteiger partial charge < -0.3 is 0 Å². The Kier molecular flexibility index (Phi) is 4.46. The average molecular weight is 362 g/mol. The van der Waals surface area contributed by atoms with E-state index in [9.17, 15) is 0 Å². The van der Waals surface area contributed by atoms with E-state index >= 15 is 0 Å². The molecule has 1 aliphatic heterocycles. The predicted molar refractivity (Wildman–Crippen MR) is 114 cm³/mol. The summed E-state index contributed by atoms with van der Waals surface area (Å²) in [5.74, 6) is 0. The second-order valence-electron chi connectivity index (χ2n) is 7.43. The molecule has 0 saturated carbocycles. The van der Waals surface area contributed by atoms with Gasteiger partial charge in [-0.1, -0.05) is 48.5 Å². The van der Waals surface area contributed by atoms with Crippen LogP contribution in [-0.2, 0) is 25.7 Å². The van der Waals surface area contributed by atoms with Crippen molar-refractivity contribution in [2.75, 3.05) is 0 Å². The van der Waals surface area contributed by atoms with Crippen LogP contribution in [0.15, 0.2) is 84.9 Å². The molecule has 0 amide bonds. The number of rotatable bonds is 0. The van der Waals surface area contributed by atoms with Gasteiger partial charge in [0, 0.05) is 22.5 Å². The average Bonchev–Trinajstić information content (AvgIpc) is 2.77. The van der Waals surface area contributed by atoms with Gasteiger partial charge >= 0.3 is 0 Å². The molecule has 136 valence electrons. The Balaban J connectivity index is 1.63. The lowest BCUT2D eigenvalue weighted by Gasteiger charge is -2.10. The number of aromatic nitrogens is 2. The first-order chi connectivity index (χ1) is 13.8. The maximum absolute atomic E-state index is 4.96. The molecule has 0 saturated heterocycles. The summed E-state index contributed by atoms with van der Waals surface area (Å²) < 4.78 is 0. The standard InChI is InChI=1S/C26H22N2/c1-5-19-13-15-23-9-3-10-24(27-23)16-14-20-6-2-8-22(18-20)26-12-4-11-25(28-26)21(7-1)17-19/h1-12,17-18H,13-16H2. The molecule has 2 aromatic carbocycles. The highest BCUT2D eigenvalue weighted by Crippen LogP contribution is 2.25. The molecule has 0 atom stereocenters. The third-order valence-electron chi connectivity index (χ3n) is 5.40. The van der Waals surface area contributed by atoms with Gasteiger partial charge in [-0.3, -0.25) is 4.98 Å². The van der Waals surface area contributed by atoms with Gasteiger partial charge in [0.15, 0.2) is 0 Å². The summed E-state index contributed by atoms with van der Waals surface area (Å²) in [4.78, 5) is 9.85. The minimum absolute atomic E-state index is 0.959. The number of aryl methyl sites for hydroxylation is 4. The van der Waals surface area contributed by atoms with Crippen molar-refractivity contribution in [2.45, 2.75) is 25.7 Å². The van der Waals surface area contributed by atoms with Crippen molar-refractivity contribution in [2.24, 2.45) is 0 Å². The van der Waals surface area contributed by atoms with Crippen LogP contribution in [0.3, 0.4) is 0 Å². The van der Waals surface area contributed by atoms with Crippen LogP contribution >= 0.6 is 0 Å². The van der Waals surface area contributed by atoms with Gasteiger partial charge in [-0.15, -0.1) is 0 Å². The van der Waals surface area contributed by atoms with E-state index in [0.29, 0.717) is 0 Å². The zero-order valence-electron chi connectivity index (χ0n) is 15.8. The van der Waals surface area contributed by atoms with Crippen LogP contribution in [-0.4, -0.2) is 9.97 Å². The monoisotopic (exact) mass is 362 g/mol. The molecule has 0 fully saturated rings. The van der Waals surface area contributed by atoms with Crippen molar-refractivity contribution in [3.05, 3.63) is 107 Å². The molecule has 0 radical (unpaired) electrons. The Morgan fingerprint density at radius 2 is 0.964 bits per heavy atom. The van der Waals surface area contributed by atoms with Crippen molar-refractivity contribution < 1.29 is 0 Å². The van der Waals surface area contributed by atoms with Gasteiger partial charge in [0.1, 0.15) is 0 Å². The Hall–Kier alpha value is -3.26. The van der Waals surface area contributed by atoms with Crippen LogP contribution in [0.2, 0.25) is 0 Å². The summed E-state index contributed by atoms with van der Waals surface area (Å²) in [6.45, 7) is 0. The zero-order valence-corrected chi connectivity index (χ0v) is 15.8. The van der Waals surface area contributed by atoms with E-state index in [1.165, 1.54) is 33.6 Å². The highest BCUT2D eigenvalue weighted by molar-refractivity contribution is 5.67. The second kappa shape index (κ2) is 7.40. The van der Waals surface area contributed by atoms with Gasteiger partial charge in [0.25, 0.3) is 0 Å². The lowest BCUT2D eigenvalue weighted by molar-refractivity contribution is 0.857.